The molecule has 0 amide bonds. The van der Waals surface area contributed by atoms with Crippen LogP contribution in [0.25, 0.3) is 0 Å². The summed E-state index contributed by atoms with van der Waals surface area (Å²) in [6, 6.07) is -0.101. The van der Waals surface area contributed by atoms with Gasteiger partial charge in [-0.05, 0) is 27.8 Å². The Kier molecular flexibility index (Phi) is 4.57. The third-order valence-electron chi connectivity index (χ3n) is 2.11. The van der Waals surface area contributed by atoms with E-state index in [1.54, 1.807) is 13.8 Å². The van der Waals surface area contributed by atoms with Gasteiger partial charge in [0, 0.05) is 13.0 Å². The standard InChI is InChI=1S/C10H21NO2/c1-6-9(12)8(2)11(5)7-10(3,4)13/h8,13H,6-7H2,1-5H3. The lowest BCUT2D eigenvalue weighted by Crippen LogP contribution is -2.44. The summed E-state index contributed by atoms with van der Waals surface area (Å²) in [6.45, 7) is 7.73. The highest BCUT2D eigenvalue weighted by Crippen LogP contribution is 2.07. The van der Waals surface area contributed by atoms with Crippen LogP contribution in [0, 0.1) is 0 Å². The van der Waals surface area contributed by atoms with Crippen LogP contribution in [-0.2, 0) is 4.79 Å². The van der Waals surface area contributed by atoms with Gasteiger partial charge in [0.15, 0.2) is 0 Å². The van der Waals surface area contributed by atoms with Crippen LogP contribution in [0.15, 0.2) is 0 Å². The topological polar surface area (TPSA) is 40.5 Å². The van der Waals surface area contributed by atoms with Crippen molar-refractivity contribution in [1.82, 2.24) is 4.90 Å². The first kappa shape index (κ1) is 12.6. The number of hydrogen-bond acceptors (Lipinski definition) is 3. The molecule has 0 saturated heterocycles. The van der Waals surface area contributed by atoms with Crippen LogP contribution in [0.3, 0.4) is 0 Å². The minimum absolute atomic E-state index is 0.101. The lowest BCUT2D eigenvalue weighted by Gasteiger charge is -2.29. The van der Waals surface area contributed by atoms with Gasteiger partial charge in [-0.15, -0.1) is 0 Å². The number of carbonyl (C=O) groups excluding carboxylic acids is 1. The molecule has 0 rings (SSSR count). The molecule has 78 valence electrons. The van der Waals surface area contributed by atoms with Crippen molar-refractivity contribution in [2.75, 3.05) is 13.6 Å². The minimum atomic E-state index is -0.739. The summed E-state index contributed by atoms with van der Waals surface area (Å²) in [7, 11) is 1.86. The van der Waals surface area contributed by atoms with Gasteiger partial charge in [0.25, 0.3) is 0 Å². The third kappa shape index (κ3) is 5.01. The summed E-state index contributed by atoms with van der Waals surface area (Å²) in [5.41, 5.74) is -0.739. The molecule has 0 bridgehead atoms. The highest BCUT2D eigenvalue weighted by Gasteiger charge is 2.22. The average Bonchev–Trinajstić information content (AvgIpc) is 1.98. The fourth-order valence-corrected chi connectivity index (χ4v) is 1.29. The molecule has 0 aliphatic heterocycles. The Morgan fingerprint density at radius 2 is 2.00 bits per heavy atom. The van der Waals surface area contributed by atoms with Gasteiger partial charge >= 0.3 is 0 Å². The van der Waals surface area contributed by atoms with E-state index in [-0.39, 0.29) is 11.8 Å². The van der Waals surface area contributed by atoms with Crippen molar-refractivity contribution in [1.29, 1.82) is 0 Å². The largest absolute Gasteiger partial charge is 0.389 e. The molecule has 1 atom stereocenters. The molecule has 13 heavy (non-hydrogen) atoms. The van der Waals surface area contributed by atoms with E-state index in [9.17, 15) is 9.90 Å². The maximum Gasteiger partial charge on any atom is 0.149 e. The van der Waals surface area contributed by atoms with E-state index < -0.39 is 5.60 Å². The molecule has 0 aromatic rings. The van der Waals surface area contributed by atoms with Gasteiger partial charge in [-0.25, -0.2) is 0 Å². The van der Waals surface area contributed by atoms with Crippen LogP contribution in [0.4, 0.5) is 0 Å². The van der Waals surface area contributed by atoms with E-state index in [1.165, 1.54) is 0 Å². The number of carbonyl (C=O) groups is 1. The van der Waals surface area contributed by atoms with Crippen LogP contribution in [0.1, 0.15) is 34.1 Å². The SMILES string of the molecule is CCC(=O)C(C)N(C)CC(C)(C)O. The quantitative estimate of drug-likeness (QED) is 0.699. The number of nitrogens with zero attached hydrogens (tertiary/aromatic N) is 1. The number of likely N-dealkylation sites (N-methyl/N-ethyl adjacent to an activating group) is 1. The van der Waals surface area contributed by atoms with E-state index in [1.807, 2.05) is 25.8 Å². The van der Waals surface area contributed by atoms with Gasteiger partial charge in [-0.3, -0.25) is 9.69 Å². The molecular weight excluding hydrogens is 166 g/mol. The molecule has 0 aromatic heterocycles. The first-order valence-corrected chi connectivity index (χ1v) is 4.73. The van der Waals surface area contributed by atoms with Crippen LogP contribution in [-0.4, -0.2) is 41.0 Å². The summed E-state index contributed by atoms with van der Waals surface area (Å²) in [6.07, 6.45) is 0.553. The maximum absolute atomic E-state index is 11.3. The van der Waals surface area contributed by atoms with Crippen LogP contribution < -0.4 is 0 Å². The van der Waals surface area contributed by atoms with Gasteiger partial charge in [-0.1, -0.05) is 6.92 Å². The Morgan fingerprint density at radius 1 is 1.54 bits per heavy atom. The fourth-order valence-electron chi connectivity index (χ4n) is 1.29. The van der Waals surface area contributed by atoms with Gasteiger partial charge in [0.2, 0.25) is 0 Å². The molecule has 1 unspecified atom stereocenters. The van der Waals surface area contributed by atoms with E-state index in [2.05, 4.69) is 0 Å². The van der Waals surface area contributed by atoms with Crippen molar-refractivity contribution in [2.45, 2.75) is 45.8 Å². The zero-order valence-electron chi connectivity index (χ0n) is 9.29. The Labute approximate surface area is 80.7 Å². The Hall–Kier alpha value is -0.410. The molecule has 0 aliphatic carbocycles. The van der Waals surface area contributed by atoms with Gasteiger partial charge in [-0.2, -0.15) is 0 Å². The Morgan fingerprint density at radius 3 is 2.31 bits per heavy atom. The van der Waals surface area contributed by atoms with Crippen molar-refractivity contribution in [3.8, 4) is 0 Å². The molecule has 0 radical (unpaired) electrons. The number of hydrogen-bond donors (Lipinski definition) is 1. The van der Waals surface area contributed by atoms with E-state index >= 15 is 0 Å². The van der Waals surface area contributed by atoms with Crippen molar-refractivity contribution in [3.63, 3.8) is 0 Å². The molecule has 0 aliphatic rings. The van der Waals surface area contributed by atoms with Crippen molar-refractivity contribution in [3.05, 3.63) is 0 Å². The smallest absolute Gasteiger partial charge is 0.149 e. The highest BCUT2D eigenvalue weighted by atomic mass is 16.3. The van der Waals surface area contributed by atoms with E-state index in [0.717, 1.165) is 0 Å². The van der Waals surface area contributed by atoms with Crippen LogP contribution in [0.2, 0.25) is 0 Å². The summed E-state index contributed by atoms with van der Waals surface area (Å²) in [4.78, 5) is 13.2. The number of rotatable bonds is 5. The second kappa shape index (κ2) is 4.72. The van der Waals surface area contributed by atoms with Crippen molar-refractivity contribution >= 4 is 5.78 Å². The van der Waals surface area contributed by atoms with Crippen LogP contribution >= 0.6 is 0 Å². The molecule has 0 heterocycles. The number of ketones is 1. The van der Waals surface area contributed by atoms with Gasteiger partial charge in [0.1, 0.15) is 5.78 Å². The molecule has 1 N–H and O–H groups in total. The number of aliphatic hydroxyl groups is 1. The Bertz CT molecular complexity index is 172. The predicted molar refractivity (Wildman–Crippen MR) is 53.7 cm³/mol. The lowest BCUT2D eigenvalue weighted by molar-refractivity contribution is -0.123. The minimum Gasteiger partial charge on any atom is -0.389 e. The Balaban J connectivity index is 4.11. The van der Waals surface area contributed by atoms with Crippen molar-refractivity contribution < 1.29 is 9.90 Å². The molecule has 0 aromatic carbocycles. The molecule has 0 saturated carbocycles. The fraction of sp³-hybridized carbons (Fsp3) is 0.900. The summed E-state index contributed by atoms with van der Waals surface area (Å²) >= 11 is 0. The first-order chi connectivity index (χ1) is 5.78. The third-order valence-corrected chi connectivity index (χ3v) is 2.11. The van der Waals surface area contributed by atoms with Gasteiger partial charge in [0.05, 0.1) is 11.6 Å². The monoisotopic (exact) mass is 187 g/mol. The molecular formula is C10H21NO2. The highest BCUT2D eigenvalue weighted by molar-refractivity contribution is 5.83. The second-order valence-electron chi connectivity index (χ2n) is 4.22. The molecule has 0 fully saturated rings. The summed E-state index contributed by atoms with van der Waals surface area (Å²) in [5, 5.41) is 9.54. The first-order valence-electron chi connectivity index (χ1n) is 4.73. The normalized spacial score (nSPS) is 14.7. The van der Waals surface area contributed by atoms with Crippen LogP contribution in [0.5, 0.6) is 0 Å². The molecule has 3 heteroatoms. The molecule has 3 nitrogen and oxygen atoms in total. The van der Waals surface area contributed by atoms with E-state index in [0.29, 0.717) is 13.0 Å². The van der Waals surface area contributed by atoms with Crippen molar-refractivity contribution in [2.24, 2.45) is 0 Å². The zero-order valence-corrected chi connectivity index (χ0v) is 9.29. The molecule has 0 spiro atoms. The average molecular weight is 187 g/mol. The zero-order chi connectivity index (χ0) is 10.6. The van der Waals surface area contributed by atoms with E-state index in [4.69, 9.17) is 0 Å². The summed E-state index contributed by atoms with van der Waals surface area (Å²) in [5.74, 6) is 0.215. The predicted octanol–water partition coefficient (Wildman–Crippen LogP) is 1.06. The number of Topliss-reactive ketones (excluding diaryl/α,β-unsaturated/α-hetero) is 1. The van der Waals surface area contributed by atoms with Gasteiger partial charge < -0.3 is 5.11 Å². The maximum atomic E-state index is 11.3. The summed E-state index contributed by atoms with van der Waals surface area (Å²) < 4.78 is 0. The lowest BCUT2D eigenvalue weighted by atomic mass is 10.1. The second-order valence-corrected chi connectivity index (χ2v) is 4.22.